The highest BCUT2D eigenvalue weighted by Crippen LogP contribution is 2.53. The third kappa shape index (κ3) is 3.08. The fourth-order valence-corrected chi connectivity index (χ4v) is 0.819. The van der Waals surface area contributed by atoms with Crippen LogP contribution < -0.4 is 0 Å². The molecule has 0 saturated carbocycles. The van der Waals surface area contributed by atoms with Crippen molar-refractivity contribution >= 4 is 28.6 Å². The number of carbonyl (C=O) groups excluding carboxylic acids is 1. The van der Waals surface area contributed by atoms with Crippen LogP contribution in [-0.4, -0.2) is 35.2 Å². The van der Waals surface area contributed by atoms with Gasteiger partial charge >= 0.3 is 28.6 Å². The van der Waals surface area contributed by atoms with E-state index < -0.39 is 35.2 Å². The van der Waals surface area contributed by atoms with Crippen LogP contribution in [0.1, 0.15) is 0 Å². The van der Waals surface area contributed by atoms with Crippen molar-refractivity contribution in [2.75, 3.05) is 6.61 Å². The Morgan fingerprint density at radius 3 is 1.61 bits per heavy atom. The molecule has 0 atom stereocenters. The number of hydrogen-bond donors (Lipinski definition) is 0. The lowest BCUT2D eigenvalue weighted by atomic mass is 10.1. The second-order valence-electron chi connectivity index (χ2n) is 2.88. The van der Waals surface area contributed by atoms with Crippen LogP contribution in [0.3, 0.4) is 0 Å². The van der Waals surface area contributed by atoms with Gasteiger partial charge in [-0.1, -0.05) is 0 Å². The SMILES string of the molecule is O=C(Cl)OCC(F)(F)C(F)(F)C(F)(F)C(F)(F)Cl. The van der Waals surface area contributed by atoms with Crippen LogP contribution in [0.25, 0.3) is 0 Å². The monoisotopic (exact) mass is 328 g/mol. The van der Waals surface area contributed by atoms with Crippen LogP contribution in [0.15, 0.2) is 0 Å². The van der Waals surface area contributed by atoms with Crippen LogP contribution >= 0.6 is 23.2 Å². The van der Waals surface area contributed by atoms with Gasteiger partial charge in [0.05, 0.1) is 0 Å². The van der Waals surface area contributed by atoms with Gasteiger partial charge in [0.2, 0.25) is 0 Å². The lowest BCUT2D eigenvalue weighted by Gasteiger charge is -2.33. The van der Waals surface area contributed by atoms with Gasteiger partial charge in [-0.2, -0.15) is 35.1 Å². The summed E-state index contributed by atoms with van der Waals surface area (Å²) in [6.45, 7) is -2.62. The van der Waals surface area contributed by atoms with Crippen molar-refractivity contribution in [1.29, 1.82) is 0 Å². The first-order valence-electron chi connectivity index (χ1n) is 3.69. The molecule has 0 aromatic carbocycles. The van der Waals surface area contributed by atoms with Crippen molar-refractivity contribution in [3.8, 4) is 0 Å². The van der Waals surface area contributed by atoms with Crippen molar-refractivity contribution in [2.45, 2.75) is 23.1 Å². The Bertz CT molecular complexity index is 326. The smallest absolute Gasteiger partial charge is 0.403 e. The lowest BCUT2D eigenvalue weighted by Crippen LogP contribution is -2.61. The lowest BCUT2D eigenvalue weighted by molar-refractivity contribution is -0.352. The molecule has 0 aromatic heterocycles. The molecular formula is C6H2Cl2F8O2. The van der Waals surface area contributed by atoms with Gasteiger partial charge in [0.25, 0.3) is 0 Å². The van der Waals surface area contributed by atoms with E-state index in [4.69, 9.17) is 0 Å². The second-order valence-corrected chi connectivity index (χ2v) is 3.66. The van der Waals surface area contributed by atoms with Gasteiger partial charge in [0, 0.05) is 11.6 Å². The molecule has 18 heavy (non-hydrogen) atoms. The molecule has 2 nitrogen and oxygen atoms in total. The molecule has 0 heterocycles. The van der Waals surface area contributed by atoms with Gasteiger partial charge in [0.15, 0.2) is 6.61 Å². The fraction of sp³-hybridized carbons (Fsp3) is 0.833. The van der Waals surface area contributed by atoms with Crippen LogP contribution in [0.4, 0.5) is 39.9 Å². The predicted molar refractivity (Wildman–Crippen MR) is 42.8 cm³/mol. The van der Waals surface area contributed by atoms with Gasteiger partial charge in [-0.15, -0.1) is 0 Å². The molecule has 0 radical (unpaired) electrons. The number of rotatable bonds is 5. The largest absolute Gasteiger partial charge is 0.447 e. The summed E-state index contributed by atoms with van der Waals surface area (Å²) in [5.74, 6) is -19.0. The molecule has 0 aliphatic carbocycles. The zero-order valence-electron chi connectivity index (χ0n) is 7.80. The Morgan fingerprint density at radius 1 is 0.944 bits per heavy atom. The van der Waals surface area contributed by atoms with Crippen molar-refractivity contribution < 1.29 is 44.7 Å². The highest BCUT2D eigenvalue weighted by atomic mass is 35.5. The highest BCUT2D eigenvalue weighted by molar-refractivity contribution is 6.61. The summed E-state index contributed by atoms with van der Waals surface area (Å²) < 4.78 is 103. The van der Waals surface area contributed by atoms with E-state index in [0.29, 0.717) is 0 Å². The summed E-state index contributed by atoms with van der Waals surface area (Å²) in [6.07, 6.45) is 0. The Labute approximate surface area is 104 Å². The number of carbonyl (C=O) groups is 1. The van der Waals surface area contributed by atoms with Crippen molar-refractivity contribution in [2.24, 2.45) is 0 Å². The molecule has 0 aliphatic rings. The van der Waals surface area contributed by atoms with E-state index in [9.17, 15) is 39.9 Å². The summed E-state index contributed by atoms with van der Waals surface area (Å²) in [5, 5.41) is -5.94. The highest BCUT2D eigenvalue weighted by Gasteiger charge is 2.80. The zero-order chi connectivity index (χ0) is 15.0. The number of ether oxygens (including phenoxy) is 1. The van der Waals surface area contributed by atoms with Crippen LogP contribution in [0.5, 0.6) is 0 Å². The Morgan fingerprint density at radius 2 is 1.33 bits per heavy atom. The minimum absolute atomic E-state index is 2.01. The summed E-state index contributed by atoms with van der Waals surface area (Å²) in [4.78, 5) is 9.87. The molecule has 0 aliphatic heterocycles. The summed E-state index contributed by atoms with van der Waals surface area (Å²) >= 11 is 7.98. The first-order valence-corrected chi connectivity index (χ1v) is 4.45. The fourth-order valence-electron chi connectivity index (χ4n) is 0.646. The summed E-state index contributed by atoms with van der Waals surface area (Å²) in [5.41, 5.74) is -2.01. The van der Waals surface area contributed by atoms with Gasteiger partial charge < -0.3 is 4.74 Å². The number of alkyl halides is 9. The van der Waals surface area contributed by atoms with E-state index in [0.717, 1.165) is 0 Å². The van der Waals surface area contributed by atoms with E-state index in [-0.39, 0.29) is 0 Å². The molecule has 0 amide bonds. The van der Waals surface area contributed by atoms with E-state index in [1.54, 1.807) is 0 Å². The standard InChI is InChI=1S/C6H2Cl2F8O2/c7-2(17)18-1-3(9,10)4(11,12)5(13,14)6(8,15)16/h1H2. The van der Waals surface area contributed by atoms with Crippen molar-refractivity contribution in [1.82, 2.24) is 0 Å². The van der Waals surface area contributed by atoms with Gasteiger partial charge in [-0.05, 0) is 11.6 Å². The van der Waals surface area contributed by atoms with E-state index >= 15 is 0 Å². The average molecular weight is 329 g/mol. The molecule has 0 unspecified atom stereocenters. The maximum absolute atomic E-state index is 12.6. The molecule has 0 rings (SSSR count). The Balaban J connectivity index is 5.29. The molecular weight excluding hydrogens is 327 g/mol. The third-order valence-electron chi connectivity index (χ3n) is 1.58. The maximum Gasteiger partial charge on any atom is 0.403 e. The van der Waals surface area contributed by atoms with Gasteiger partial charge in [-0.25, -0.2) is 4.79 Å². The van der Waals surface area contributed by atoms with Crippen LogP contribution in [0, 0.1) is 0 Å². The summed E-state index contributed by atoms with van der Waals surface area (Å²) in [6, 6.07) is 0. The molecule has 108 valence electrons. The van der Waals surface area contributed by atoms with Crippen molar-refractivity contribution in [3.63, 3.8) is 0 Å². The molecule has 0 bridgehead atoms. The molecule has 0 spiro atoms. The van der Waals surface area contributed by atoms with E-state index in [2.05, 4.69) is 27.9 Å². The van der Waals surface area contributed by atoms with E-state index in [1.165, 1.54) is 0 Å². The first-order chi connectivity index (χ1) is 7.67. The second kappa shape index (κ2) is 4.87. The third-order valence-corrected chi connectivity index (χ3v) is 1.92. The maximum atomic E-state index is 12.6. The van der Waals surface area contributed by atoms with Crippen LogP contribution in [-0.2, 0) is 4.74 Å². The molecule has 0 aromatic rings. The summed E-state index contributed by atoms with van der Waals surface area (Å²) in [7, 11) is 0. The molecule has 0 fully saturated rings. The van der Waals surface area contributed by atoms with Gasteiger partial charge in [-0.3, -0.25) is 0 Å². The quantitative estimate of drug-likeness (QED) is 0.431. The van der Waals surface area contributed by atoms with Gasteiger partial charge in [0.1, 0.15) is 0 Å². The Kier molecular flexibility index (Phi) is 4.74. The number of hydrogen-bond acceptors (Lipinski definition) is 2. The molecule has 0 N–H and O–H groups in total. The minimum Gasteiger partial charge on any atom is -0.447 e. The predicted octanol–water partition coefficient (Wildman–Crippen LogP) is 4.10. The van der Waals surface area contributed by atoms with E-state index in [1.807, 2.05) is 0 Å². The average Bonchev–Trinajstić information content (AvgIpc) is 2.12. The Hall–Kier alpha value is -0.510. The first kappa shape index (κ1) is 17.5. The van der Waals surface area contributed by atoms with Crippen LogP contribution in [0.2, 0.25) is 0 Å². The molecule has 0 saturated heterocycles. The minimum atomic E-state index is -6.58. The zero-order valence-corrected chi connectivity index (χ0v) is 9.32. The molecule has 12 heteroatoms. The topological polar surface area (TPSA) is 26.3 Å². The normalized spacial score (nSPS) is 14.6. The number of halogens is 10. The van der Waals surface area contributed by atoms with Crippen molar-refractivity contribution in [3.05, 3.63) is 0 Å².